The fraction of sp³-hybridized carbons (Fsp3) is 0.263. The summed E-state index contributed by atoms with van der Waals surface area (Å²) < 4.78 is 6.15. The average molecular weight is 390 g/mol. The van der Waals surface area contributed by atoms with Gasteiger partial charge in [0.05, 0.1) is 6.42 Å². The summed E-state index contributed by atoms with van der Waals surface area (Å²) in [6.07, 6.45) is 0.166. The summed E-state index contributed by atoms with van der Waals surface area (Å²) in [7, 11) is 0. The van der Waals surface area contributed by atoms with Crippen LogP contribution in [0.3, 0.4) is 0 Å². The zero-order chi connectivity index (χ0) is 17.5. The van der Waals surface area contributed by atoms with Crippen molar-refractivity contribution >= 4 is 33.5 Å². The minimum Gasteiger partial charge on any atom is -0.461 e. The van der Waals surface area contributed by atoms with Gasteiger partial charge in [-0.15, -0.1) is 0 Å². The molecule has 0 aromatic heterocycles. The Balaban J connectivity index is 1.74. The van der Waals surface area contributed by atoms with Crippen molar-refractivity contribution in [1.29, 1.82) is 0 Å². The Kier molecular flexibility index (Phi) is 6.55. The predicted molar refractivity (Wildman–Crippen MR) is 97.7 cm³/mol. The molecule has 0 saturated carbocycles. The lowest BCUT2D eigenvalue weighted by Gasteiger charge is -2.09. The summed E-state index contributed by atoms with van der Waals surface area (Å²) in [4.78, 5) is 23.7. The Morgan fingerprint density at radius 1 is 1.04 bits per heavy atom. The van der Waals surface area contributed by atoms with Crippen molar-refractivity contribution in [3.63, 3.8) is 0 Å². The summed E-state index contributed by atoms with van der Waals surface area (Å²) in [5, 5.41) is 2.82. The second-order valence-electron chi connectivity index (χ2n) is 5.65. The van der Waals surface area contributed by atoms with Crippen LogP contribution in [0, 0.1) is 13.8 Å². The van der Waals surface area contributed by atoms with E-state index in [9.17, 15) is 9.59 Å². The normalized spacial score (nSPS) is 10.3. The highest BCUT2D eigenvalue weighted by Gasteiger charge is 2.10. The Bertz CT molecular complexity index is 726. The molecule has 0 unspecified atom stereocenters. The quantitative estimate of drug-likeness (QED) is 0.738. The number of hydrogen-bond donors (Lipinski definition) is 1. The third kappa shape index (κ3) is 5.81. The van der Waals surface area contributed by atoms with Crippen molar-refractivity contribution in [2.75, 3.05) is 5.32 Å². The molecule has 4 nitrogen and oxygen atoms in total. The topological polar surface area (TPSA) is 55.4 Å². The third-order valence-corrected chi connectivity index (χ3v) is 4.05. The molecule has 5 heteroatoms. The van der Waals surface area contributed by atoms with Crippen LogP contribution >= 0.6 is 15.9 Å². The Morgan fingerprint density at radius 2 is 1.75 bits per heavy atom. The van der Waals surface area contributed by atoms with Gasteiger partial charge in [-0.25, -0.2) is 0 Å². The molecule has 1 N–H and O–H groups in total. The van der Waals surface area contributed by atoms with Gasteiger partial charge in [0, 0.05) is 16.6 Å². The number of nitrogens with one attached hydrogen (secondary N) is 1. The number of carbonyl (C=O) groups excluding carboxylic acids is 2. The van der Waals surface area contributed by atoms with E-state index in [1.165, 1.54) is 0 Å². The minimum absolute atomic E-state index is 0.0628. The van der Waals surface area contributed by atoms with E-state index in [0.29, 0.717) is 0 Å². The van der Waals surface area contributed by atoms with E-state index in [2.05, 4.69) is 21.2 Å². The molecule has 2 rings (SSSR count). The molecule has 0 aliphatic carbocycles. The van der Waals surface area contributed by atoms with E-state index < -0.39 is 0 Å². The van der Waals surface area contributed by atoms with Crippen molar-refractivity contribution in [3.8, 4) is 0 Å². The number of ether oxygens (including phenoxy) is 1. The summed E-state index contributed by atoms with van der Waals surface area (Å²) in [6, 6.07) is 13.3. The first-order valence-electron chi connectivity index (χ1n) is 7.71. The smallest absolute Gasteiger partial charge is 0.306 e. The maximum Gasteiger partial charge on any atom is 0.306 e. The molecule has 0 aliphatic rings. The van der Waals surface area contributed by atoms with Gasteiger partial charge in [0.15, 0.2) is 0 Å². The van der Waals surface area contributed by atoms with Crippen molar-refractivity contribution < 1.29 is 14.3 Å². The van der Waals surface area contributed by atoms with Gasteiger partial charge >= 0.3 is 5.97 Å². The Morgan fingerprint density at radius 3 is 2.42 bits per heavy atom. The van der Waals surface area contributed by atoms with E-state index >= 15 is 0 Å². The molecule has 0 fully saturated rings. The molecule has 0 aliphatic heterocycles. The highest BCUT2D eigenvalue weighted by atomic mass is 79.9. The van der Waals surface area contributed by atoms with Crippen LogP contribution in [0.25, 0.3) is 0 Å². The zero-order valence-corrected chi connectivity index (χ0v) is 15.4. The first-order chi connectivity index (χ1) is 11.4. The molecule has 0 heterocycles. The number of carbonyl (C=O) groups is 2. The SMILES string of the molecule is Cc1ccc(NC(=O)CCC(=O)OCc2ccc(Br)cc2)c(C)c1. The van der Waals surface area contributed by atoms with Crippen molar-refractivity contribution in [2.24, 2.45) is 0 Å². The predicted octanol–water partition coefficient (Wildman–Crippen LogP) is 4.53. The number of halogens is 1. The molecule has 2 aromatic rings. The van der Waals surface area contributed by atoms with Gasteiger partial charge in [-0.05, 0) is 43.2 Å². The van der Waals surface area contributed by atoms with Crippen LogP contribution in [-0.2, 0) is 20.9 Å². The zero-order valence-electron chi connectivity index (χ0n) is 13.8. The number of rotatable bonds is 6. The molecule has 0 radical (unpaired) electrons. The summed E-state index contributed by atoms with van der Waals surface area (Å²) in [5.41, 5.74) is 3.82. The van der Waals surface area contributed by atoms with Crippen molar-refractivity contribution in [2.45, 2.75) is 33.3 Å². The maximum atomic E-state index is 11.9. The minimum atomic E-state index is -0.381. The maximum absolute atomic E-state index is 11.9. The van der Waals surface area contributed by atoms with Crippen LogP contribution in [0.2, 0.25) is 0 Å². The van der Waals surface area contributed by atoms with E-state index in [1.807, 2.05) is 56.3 Å². The second-order valence-corrected chi connectivity index (χ2v) is 6.57. The van der Waals surface area contributed by atoms with Crippen molar-refractivity contribution in [3.05, 3.63) is 63.6 Å². The number of amides is 1. The average Bonchev–Trinajstić information content (AvgIpc) is 2.55. The van der Waals surface area contributed by atoms with E-state index in [-0.39, 0.29) is 31.3 Å². The molecule has 0 saturated heterocycles. The van der Waals surface area contributed by atoms with Crippen molar-refractivity contribution in [1.82, 2.24) is 0 Å². The molecule has 0 bridgehead atoms. The molecule has 2 aromatic carbocycles. The summed E-state index contributed by atoms with van der Waals surface area (Å²) in [6.45, 7) is 4.15. The van der Waals surface area contributed by atoms with Crippen LogP contribution in [0.15, 0.2) is 46.9 Å². The van der Waals surface area contributed by atoms with Gasteiger partial charge in [0.25, 0.3) is 0 Å². The van der Waals surface area contributed by atoms with Gasteiger partial charge in [-0.1, -0.05) is 45.8 Å². The van der Waals surface area contributed by atoms with Crippen LogP contribution in [0.1, 0.15) is 29.5 Å². The molecule has 0 spiro atoms. The standard InChI is InChI=1S/C19H20BrNO3/c1-13-3-8-17(14(2)11-13)21-18(22)9-10-19(23)24-12-15-4-6-16(20)7-5-15/h3-8,11H,9-10,12H2,1-2H3,(H,21,22). The largest absolute Gasteiger partial charge is 0.461 e. The summed E-state index contributed by atoms with van der Waals surface area (Å²) in [5.74, 6) is -0.573. The van der Waals surface area contributed by atoms with Gasteiger partial charge in [-0.2, -0.15) is 0 Å². The molecular weight excluding hydrogens is 370 g/mol. The number of anilines is 1. The van der Waals surface area contributed by atoms with Crippen LogP contribution in [-0.4, -0.2) is 11.9 Å². The van der Waals surface area contributed by atoms with Crippen LogP contribution in [0.4, 0.5) is 5.69 Å². The lowest BCUT2D eigenvalue weighted by molar-refractivity contribution is -0.145. The monoisotopic (exact) mass is 389 g/mol. The van der Waals surface area contributed by atoms with Crippen LogP contribution < -0.4 is 5.32 Å². The van der Waals surface area contributed by atoms with Gasteiger partial charge in [0.1, 0.15) is 6.61 Å². The van der Waals surface area contributed by atoms with Gasteiger partial charge in [0.2, 0.25) is 5.91 Å². The fourth-order valence-corrected chi connectivity index (χ4v) is 2.46. The molecular formula is C19H20BrNO3. The Labute approximate surface area is 150 Å². The van der Waals surface area contributed by atoms with E-state index in [1.54, 1.807) is 0 Å². The van der Waals surface area contributed by atoms with E-state index in [0.717, 1.165) is 26.9 Å². The first kappa shape index (κ1) is 18.2. The van der Waals surface area contributed by atoms with Crippen LogP contribution in [0.5, 0.6) is 0 Å². The second kappa shape index (κ2) is 8.64. The number of aryl methyl sites for hydroxylation is 2. The first-order valence-corrected chi connectivity index (χ1v) is 8.50. The van der Waals surface area contributed by atoms with E-state index in [4.69, 9.17) is 4.74 Å². The molecule has 0 atom stereocenters. The third-order valence-electron chi connectivity index (χ3n) is 3.53. The number of esters is 1. The van der Waals surface area contributed by atoms with Gasteiger partial charge in [-0.3, -0.25) is 9.59 Å². The fourth-order valence-electron chi connectivity index (χ4n) is 2.20. The number of hydrogen-bond acceptors (Lipinski definition) is 3. The molecule has 1 amide bonds. The molecule has 24 heavy (non-hydrogen) atoms. The highest BCUT2D eigenvalue weighted by molar-refractivity contribution is 9.10. The Hall–Kier alpha value is -2.14. The molecule has 126 valence electrons. The summed E-state index contributed by atoms with van der Waals surface area (Å²) >= 11 is 3.35. The lowest BCUT2D eigenvalue weighted by Crippen LogP contribution is -2.15. The highest BCUT2D eigenvalue weighted by Crippen LogP contribution is 2.16. The van der Waals surface area contributed by atoms with Gasteiger partial charge < -0.3 is 10.1 Å². The lowest BCUT2D eigenvalue weighted by atomic mass is 10.1. The number of benzene rings is 2.